The van der Waals surface area contributed by atoms with Crippen LogP contribution in [0.5, 0.6) is 5.75 Å². The van der Waals surface area contributed by atoms with Gasteiger partial charge in [-0.15, -0.1) is 0 Å². The first-order chi connectivity index (χ1) is 11.8. The van der Waals surface area contributed by atoms with Crippen molar-refractivity contribution in [3.8, 4) is 11.4 Å². The van der Waals surface area contributed by atoms with E-state index in [1.54, 1.807) is 0 Å². The van der Waals surface area contributed by atoms with E-state index in [9.17, 15) is 0 Å². The topological polar surface area (TPSA) is 27.1 Å². The molecule has 2 aromatic carbocycles. The Morgan fingerprint density at radius 3 is 2.33 bits per heavy atom. The zero-order chi connectivity index (χ0) is 16.8. The molecule has 0 bridgehead atoms. The zero-order valence-electron chi connectivity index (χ0n) is 14.4. The summed E-state index contributed by atoms with van der Waals surface area (Å²) in [7, 11) is 0. The molecule has 0 aliphatic carbocycles. The lowest BCUT2D eigenvalue weighted by Gasteiger charge is -2.19. The van der Waals surface area contributed by atoms with Gasteiger partial charge in [0.15, 0.2) is 0 Å². The van der Waals surface area contributed by atoms with Crippen LogP contribution in [-0.2, 0) is 6.42 Å². The molecule has 3 aromatic rings. The lowest BCUT2D eigenvalue weighted by molar-refractivity contribution is 0.194. The summed E-state index contributed by atoms with van der Waals surface area (Å²) in [5.74, 6) is 0.893. The average molecular weight is 320 g/mol. The second-order valence-corrected chi connectivity index (χ2v) is 5.90. The number of hydrogen-bond donors (Lipinski definition) is 0. The van der Waals surface area contributed by atoms with Crippen molar-refractivity contribution in [1.82, 2.24) is 9.78 Å². The fraction of sp³-hybridized carbons (Fsp3) is 0.286. The number of hydrogen-bond acceptors (Lipinski definition) is 2. The minimum atomic E-state index is 0.0958. The Kier molecular flexibility index (Phi) is 5.32. The van der Waals surface area contributed by atoms with Gasteiger partial charge in [-0.3, -0.25) is 0 Å². The second kappa shape index (κ2) is 7.82. The highest BCUT2D eigenvalue weighted by molar-refractivity contribution is 5.37. The van der Waals surface area contributed by atoms with Crippen molar-refractivity contribution in [1.29, 1.82) is 0 Å². The maximum Gasteiger partial charge on any atom is 0.124 e. The molecule has 0 amide bonds. The number of aryl methyl sites for hydroxylation is 1. The largest absolute Gasteiger partial charge is 0.486 e. The van der Waals surface area contributed by atoms with Crippen molar-refractivity contribution >= 4 is 0 Å². The van der Waals surface area contributed by atoms with Gasteiger partial charge >= 0.3 is 0 Å². The molecule has 3 rings (SSSR count). The lowest BCUT2D eigenvalue weighted by Crippen LogP contribution is -2.07. The monoisotopic (exact) mass is 320 g/mol. The molecular weight excluding hydrogens is 296 g/mol. The molecule has 0 aliphatic heterocycles. The summed E-state index contributed by atoms with van der Waals surface area (Å²) in [5, 5.41) is 4.54. The van der Waals surface area contributed by atoms with E-state index in [0.717, 1.165) is 36.4 Å². The maximum atomic E-state index is 6.23. The predicted molar refractivity (Wildman–Crippen MR) is 97.7 cm³/mol. The van der Waals surface area contributed by atoms with E-state index in [0.29, 0.717) is 0 Å². The Morgan fingerprint density at radius 1 is 0.958 bits per heavy atom. The highest BCUT2D eigenvalue weighted by atomic mass is 16.5. The molecule has 0 N–H and O–H groups in total. The van der Waals surface area contributed by atoms with E-state index in [1.165, 1.54) is 5.56 Å². The molecule has 124 valence electrons. The van der Waals surface area contributed by atoms with Crippen LogP contribution in [0.2, 0.25) is 0 Å². The summed E-state index contributed by atoms with van der Waals surface area (Å²) in [6, 6.07) is 20.6. The van der Waals surface area contributed by atoms with E-state index in [-0.39, 0.29) is 6.10 Å². The van der Waals surface area contributed by atoms with Gasteiger partial charge in [0.05, 0.1) is 11.4 Å². The Bertz CT molecular complexity index is 747. The molecule has 1 atom stereocenters. The van der Waals surface area contributed by atoms with E-state index in [1.807, 2.05) is 29.1 Å². The van der Waals surface area contributed by atoms with Crippen molar-refractivity contribution in [3.05, 3.63) is 78.1 Å². The normalized spacial score (nSPS) is 12.1. The molecule has 0 fully saturated rings. The Balaban J connectivity index is 1.74. The molecule has 1 heterocycles. The minimum absolute atomic E-state index is 0.0958. The standard InChI is InChI=1S/C21H24N2O/c1-3-8-21(17-9-6-5-7-10-17)24-20-13-11-19(12-14-20)23-16-15-18(4-2)22-23/h5-7,9-16,21H,3-4,8H2,1-2H3. The fourth-order valence-electron chi connectivity index (χ4n) is 2.76. The Labute approximate surface area is 143 Å². The molecule has 3 nitrogen and oxygen atoms in total. The quantitative estimate of drug-likeness (QED) is 0.586. The SMILES string of the molecule is CCCC(Oc1ccc(-n2ccc(CC)n2)cc1)c1ccccc1. The van der Waals surface area contributed by atoms with Crippen LogP contribution >= 0.6 is 0 Å². The van der Waals surface area contributed by atoms with Crippen molar-refractivity contribution in [3.63, 3.8) is 0 Å². The van der Waals surface area contributed by atoms with Gasteiger partial charge in [-0.05, 0) is 48.7 Å². The first kappa shape index (κ1) is 16.3. The molecule has 0 spiro atoms. The molecule has 0 saturated carbocycles. The summed E-state index contributed by atoms with van der Waals surface area (Å²) >= 11 is 0. The van der Waals surface area contributed by atoms with E-state index in [4.69, 9.17) is 4.74 Å². The number of benzene rings is 2. The van der Waals surface area contributed by atoms with Crippen LogP contribution in [0, 0.1) is 0 Å². The highest BCUT2D eigenvalue weighted by Gasteiger charge is 2.12. The summed E-state index contributed by atoms with van der Waals surface area (Å²) in [4.78, 5) is 0. The third-order valence-corrected chi connectivity index (χ3v) is 4.11. The third kappa shape index (κ3) is 3.85. The summed E-state index contributed by atoms with van der Waals surface area (Å²) < 4.78 is 8.13. The van der Waals surface area contributed by atoms with E-state index < -0.39 is 0 Å². The molecule has 3 heteroatoms. The van der Waals surface area contributed by atoms with Gasteiger partial charge < -0.3 is 4.74 Å². The van der Waals surface area contributed by atoms with Crippen LogP contribution < -0.4 is 4.74 Å². The number of nitrogens with zero attached hydrogens (tertiary/aromatic N) is 2. The smallest absolute Gasteiger partial charge is 0.124 e. The third-order valence-electron chi connectivity index (χ3n) is 4.11. The molecular formula is C21H24N2O. The molecule has 1 aromatic heterocycles. The summed E-state index contributed by atoms with van der Waals surface area (Å²) in [6.07, 6.45) is 5.14. The van der Waals surface area contributed by atoms with Gasteiger partial charge in [-0.25, -0.2) is 4.68 Å². The van der Waals surface area contributed by atoms with Crippen LogP contribution in [0.15, 0.2) is 66.9 Å². The minimum Gasteiger partial charge on any atom is -0.486 e. The van der Waals surface area contributed by atoms with E-state index >= 15 is 0 Å². The maximum absolute atomic E-state index is 6.23. The molecule has 0 radical (unpaired) electrons. The predicted octanol–water partition coefficient (Wildman–Crippen LogP) is 5.35. The average Bonchev–Trinajstić information content (AvgIpc) is 3.12. The van der Waals surface area contributed by atoms with Gasteiger partial charge in [-0.2, -0.15) is 5.10 Å². The van der Waals surface area contributed by atoms with E-state index in [2.05, 4.69) is 61.4 Å². The number of aromatic nitrogens is 2. The van der Waals surface area contributed by atoms with Gasteiger partial charge in [0.1, 0.15) is 11.9 Å². The number of ether oxygens (including phenoxy) is 1. The van der Waals surface area contributed by atoms with Crippen molar-refractivity contribution in [2.24, 2.45) is 0 Å². The summed E-state index contributed by atoms with van der Waals surface area (Å²) in [5.41, 5.74) is 3.37. The van der Waals surface area contributed by atoms with Crippen LogP contribution in [-0.4, -0.2) is 9.78 Å². The fourth-order valence-corrected chi connectivity index (χ4v) is 2.76. The van der Waals surface area contributed by atoms with Gasteiger partial charge in [0.2, 0.25) is 0 Å². The van der Waals surface area contributed by atoms with Crippen LogP contribution in [0.3, 0.4) is 0 Å². The Morgan fingerprint density at radius 2 is 1.71 bits per heavy atom. The van der Waals surface area contributed by atoms with Crippen LogP contribution in [0.1, 0.15) is 44.1 Å². The van der Waals surface area contributed by atoms with Crippen LogP contribution in [0.25, 0.3) is 5.69 Å². The lowest BCUT2D eigenvalue weighted by atomic mass is 10.1. The van der Waals surface area contributed by atoms with Crippen molar-refractivity contribution in [2.45, 2.75) is 39.2 Å². The second-order valence-electron chi connectivity index (χ2n) is 5.90. The van der Waals surface area contributed by atoms with Gasteiger partial charge in [-0.1, -0.05) is 50.6 Å². The van der Waals surface area contributed by atoms with Crippen LogP contribution in [0.4, 0.5) is 0 Å². The van der Waals surface area contributed by atoms with Gasteiger partial charge in [0.25, 0.3) is 0 Å². The first-order valence-electron chi connectivity index (χ1n) is 8.66. The van der Waals surface area contributed by atoms with Crippen molar-refractivity contribution < 1.29 is 4.74 Å². The van der Waals surface area contributed by atoms with Gasteiger partial charge in [0, 0.05) is 6.20 Å². The molecule has 24 heavy (non-hydrogen) atoms. The molecule has 0 saturated heterocycles. The zero-order valence-corrected chi connectivity index (χ0v) is 14.4. The van der Waals surface area contributed by atoms with Crippen molar-refractivity contribution in [2.75, 3.05) is 0 Å². The highest BCUT2D eigenvalue weighted by Crippen LogP contribution is 2.26. The molecule has 1 unspecified atom stereocenters. The number of rotatable bonds is 7. The first-order valence-corrected chi connectivity index (χ1v) is 8.66. The molecule has 0 aliphatic rings. The summed E-state index contributed by atoms with van der Waals surface area (Å²) in [6.45, 7) is 4.30. The Hall–Kier alpha value is -2.55.